The number of carbonyl (C=O) groups is 1. The molecule has 0 bridgehead atoms. The van der Waals surface area contributed by atoms with Crippen molar-refractivity contribution in [3.8, 4) is 0 Å². The Morgan fingerprint density at radius 2 is 1.96 bits per heavy atom. The summed E-state index contributed by atoms with van der Waals surface area (Å²) in [5, 5.41) is 4.50. The fourth-order valence-corrected chi connectivity index (χ4v) is 3.77. The second-order valence-corrected chi connectivity index (χ2v) is 7.57. The number of carbonyl (C=O) groups excluding carboxylic acids is 1. The van der Waals surface area contributed by atoms with Gasteiger partial charge in [-0.3, -0.25) is 4.79 Å². The summed E-state index contributed by atoms with van der Waals surface area (Å²) >= 11 is 0. The van der Waals surface area contributed by atoms with E-state index in [1.165, 1.54) is 12.0 Å². The van der Waals surface area contributed by atoms with Crippen LogP contribution in [0.5, 0.6) is 0 Å². The molecule has 1 amide bonds. The molecule has 1 saturated heterocycles. The van der Waals surface area contributed by atoms with E-state index in [0.29, 0.717) is 11.6 Å². The predicted molar refractivity (Wildman–Crippen MR) is 111 cm³/mol. The molecule has 1 aliphatic rings. The maximum atomic E-state index is 13.1. The zero-order valence-corrected chi connectivity index (χ0v) is 15.9. The van der Waals surface area contributed by atoms with Crippen molar-refractivity contribution in [2.75, 3.05) is 18.4 Å². The van der Waals surface area contributed by atoms with Crippen LogP contribution in [0.4, 0.5) is 11.4 Å². The Labute approximate surface area is 160 Å². The summed E-state index contributed by atoms with van der Waals surface area (Å²) in [6, 6.07) is 18.1. The van der Waals surface area contributed by atoms with Gasteiger partial charge in [-0.05, 0) is 56.0 Å². The van der Waals surface area contributed by atoms with Crippen molar-refractivity contribution in [3.63, 3.8) is 0 Å². The molecule has 2 heterocycles. The first-order chi connectivity index (χ1) is 13.1. The molecule has 138 valence electrons. The van der Waals surface area contributed by atoms with E-state index >= 15 is 0 Å². The second-order valence-electron chi connectivity index (χ2n) is 7.57. The number of likely N-dealkylation sites (tertiary alicyclic amines) is 1. The molecule has 0 aliphatic carbocycles. The Kier molecular flexibility index (Phi) is 4.80. The first-order valence-electron chi connectivity index (χ1n) is 9.63. The van der Waals surface area contributed by atoms with Crippen LogP contribution < -0.4 is 5.32 Å². The molecule has 4 rings (SSSR count). The molecule has 1 aromatic heterocycles. The maximum Gasteiger partial charge on any atom is 0.272 e. The molecular weight excluding hydrogens is 334 g/mol. The average molecular weight is 359 g/mol. The van der Waals surface area contributed by atoms with Crippen LogP contribution in [0.15, 0.2) is 54.6 Å². The first kappa shape index (κ1) is 17.5. The van der Waals surface area contributed by atoms with Gasteiger partial charge in [0.15, 0.2) is 0 Å². The third kappa shape index (κ3) is 3.80. The number of hydrogen-bond acceptors (Lipinski definition) is 3. The summed E-state index contributed by atoms with van der Waals surface area (Å²) in [4.78, 5) is 19.7. The van der Waals surface area contributed by atoms with Gasteiger partial charge in [0, 0.05) is 24.2 Å². The van der Waals surface area contributed by atoms with Crippen molar-refractivity contribution in [3.05, 3.63) is 65.9 Å². The van der Waals surface area contributed by atoms with E-state index in [9.17, 15) is 4.79 Å². The maximum absolute atomic E-state index is 13.1. The van der Waals surface area contributed by atoms with Gasteiger partial charge in [0.1, 0.15) is 5.69 Å². The van der Waals surface area contributed by atoms with E-state index in [-0.39, 0.29) is 5.91 Å². The lowest BCUT2D eigenvalue weighted by molar-refractivity contribution is 0.0677. The molecule has 4 nitrogen and oxygen atoms in total. The molecule has 1 N–H and O–H groups in total. The quantitative estimate of drug-likeness (QED) is 0.702. The molecule has 0 unspecified atom stereocenters. The molecule has 4 heteroatoms. The number of para-hydroxylation sites is 1. The molecule has 27 heavy (non-hydrogen) atoms. The van der Waals surface area contributed by atoms with Crippen LogP contribution in [-0.2, 0) is 0 Å². The van der Waals surface area contributed by atoms with Gasteiger partial charge < -0.3 is 10.2 Å². The third-order valence-corrected chi connectivity index (χ3v) is 5.18. The molecule has 3 aromatic rings. The van der Waals surface area contributed by atoms with Gasteiger partial charge in [-0.15, -0.1) is 0 Å². The van der Waals surface area contributed by atoms with Crippen LogP contribution in [-0.4, -0.2) is 28.9 Å². The number of piperidine rings is 1. The number of aromatic nitrogens is 1. The number of aryl methyl sites for hydroxylation is 1. The minimum atomic E-state index is 0.0279. The van der Waals surface area contributed by atoms with Crippen LogP contribution >= 0.6 is 0 Å². The second kappa shape index (κ2) is 7.39. The largest absolute Gasteiger partial charge is 0.355 e. The van der Waals surface area contributed by atoms with Crippen molar-refractivity contribution in [1.29, 1.82) is 0 Å². The average Bonchev–Trinajstić information content (AvgIpc) is 2.68. The molecule has 1 atom stereocenters. The number of rotatable bonds is 3. The summed E-state index contributed by atoms with van der Waals surface area (Å²) < 4.78 is 0. The van der Waals surface area contributed by atoms with Gasteiger partial charge in [-0.2, -0.15) is 0 Å². The molecule has 0 spiro atoms. The van der Waals surface area contributed by atoms with E-state index in [4.69, 9.17) is 0 Å². The van der Waals surface area contributed by atoms with Crippen LogP contribution in [0.3, 0.4) is 0 Å². The topological polar surface area (TPSA) is 45.2 Å². The highest BCUT2D eigenvalue weighted by molar-refractivity contribution is 6.00. The number of nitrogens with one attached hydrogen (secondary N) is 1. The Hall–Kier alpha value is -2.88. The Bertz CT molecular complexity index is 968. The number of pyridine rings is 1. The lowest BCUT2D eigenvalue weighted by atomic mass is 10.00. The van der Waals surface area contributed by atoms with Gasteiger partial charge >= 0.3 is 0 Å². The number of nitrogens with zero attached hydrogens (tertiary/aromatic N) is 2. The lowest BCUT2D eigenvalue weighted by Crippen LogP contribution is -2.39. The van der Waals surface area contributed by atoms with Crippen LogP contribution in [0.25, 0.3) is 10.9 Å². The van der Waals surface area contributed by atoms with E-state index in [1.54, 1.807) is 0 Å². The van der Waals surface area contributed by atoms with Crippen LogP contribution in [0, 0.1) is 12.8 Å². The van der Waals surface area contributed by atoms with Gasteiger partial charge in [0.2, 0.25) is 0 Å². The minimum Gasteiger partial charge on any atom is -0.355 e. The number of benzene rings is 2. The van der Waals surface area contributed by atoms with Crippen molar-refractivity contribution in [1.82, 2.24) is 9.88 Å². The van der Waals surface area contributed by atoms with Crippen LogP contribution in [0.2, 0.25) is 0 Å². The molecule has 0 radical (unpaired) electrons. The highest BCUT2D eigenvalue weighted by atomic mass is 16.2. The Morgan fingerprint density at radius 1 is 1.15 bits per heavy atom. The monoisotopic (exact) mass is 359 g/mol. The summed E-state index contributed by atoms with van der Waals surface area (Å²) in [6.45, 7) is 5.91. The third-order valence-electron chi connectivity index (χ3n) is 5.18. The van der Waals surface area contributed by atoms with Crippen molar-refractivity contribution < 1.29 is 4.79 Å². The van der Waals surface area contributed by atoms with Crippen molar-refractivity contribution in [2.24, 2.45) is 5.92 Å². The highest BCUT2D eigenvalue weighted by Crippen LogP contribution is 2.28. The molecule has 1 fully saturated rings. The van der Waals surface area contributed by atoms with E-state index in [2.05, 4.69) is 30.2 Å². The molecule has 0 saturated carbocycles. The summed E-state index contributed by atoms with van der Waals surface area (Å²) in [7, 11) is 0. The van der Waals surface area contributed by atoms with Gasteiger partial charge in [-0.25, -0.2) is 4.98 Å². The van der Waals surface area contributed by atoms with Crippen molar-refractivity contribution >= 4 is 28.2 Å². The van der Waals surface area contributed by atoms with Crippen LogP contribution in [0.1, 0.15) is 35.8 Å². The Balaban J connectivity index is 1.75. The standard InChI is InChI=1S/C23H25N3O/c1-16-10-11-20-19(13-16)21(24-18-8-4-3-5-9-18)14-22(25-20)23(27)26-12-6-7-17(2)15-26/h3-5,8-11,13-14,17H,6-7,12,15H2,1-2H3,(H,24,25)/t17-/m0/s1. The summed E-state index contributed by atoms with van der Waals surface area (Å²) in [6.07, 6.45) is 2.25. The van der Waals surface area contributed by atoms with Gasteiger partial charge in [-0.1, -0.05) is 36.8 Å². The highest BCUT2D eigenvalue weighted by Gasteiger charge is 2.24. The number of anilines is 2. The fourth-order valence-electron chi connectivity index (χ4n) is 3.77. The number of hydrogen-bond donors (Lipinski definition) is 1. The van der Waals surface area contributed by atoms with E-state index < -0.39 is 0 Å². The minimum absolute atomic E-state index is 0.0279. The molecule has 1 aliphatic heterocycles. The predicted octanol–water partition coefficient (Wildman–Crippen LogP) is 5.16. The van der Waals surface area contributed by atoms with E-state index in [0.717, 1.165) is 41.8 Å². The molecule has 2 aromatic carbocycles. The molecular formula is C23H25N3O. The zero-order valence-electron chi connectivity index (χ0n) is 15.9. The normalized spacial score (nSPS) is 17.1. The van der Waals surface area contributed by atoms with E-state index in [1.807, 2.05) is 53.4 Å². The Morgan fingerprint density at radius 3 is 2.74 bits per heavy atom. The van der Waals surface area contributed by atoms with Gasteiger partial charge in [0.05, 0.1) is 11.2 Å². The lowest BCUT2D eigenvalue weighted by Gasteiger charge is -2.30. The smallest absolute Gasteiger partial charge is 0.272 e. The van der Waals surface area contributed by atoms with Crippen molar-refractivity contribution in [2.45, 2.75) is 26.7 Å². The van der Waals surface area contributed by atoms with Gasteiger partial charge in [0.25, 0.3) is 5.91 Å². The first-order valence-corrected chi connectivity index (χ1v) is 9.63. The SMILES string of the molecule is Cc1ccc2nc(C(=O)N3CCC[C@H](C)C3)cc(Nc3ccccc3)c2c1. The fraction of sp³-hybridized carbons (Fsp3) is 0.304. The summed E-state index contributed by atoms with van der Waals surface area (Å²) in [5.41, 5.74) is 4.44. The number of amides is 1. The number of fused-ring (bicyclic) bond motifs is 1. The zero-order chi connectivity index (χ0) is 18.8. The summed E-state index contributed by atoms with van der Waals surface area (Å²) in [5.74, 6) is 0.577.